The summed E-state index contributed by atoms with van der Waals surface area (Å²) in [5.74, 6) is 0.198. The van der Waals surface area contributed by atoms with Crippen molar-refractivity contribution in [2.45, 2.75) is 25.6 Å². The Morgan fingerprint density at radius 2 is 1.79 bits per heavy atom. The van der Waals surface area contributed by atoms with Gasteiger partial charge < -0.3 is 14.2 Å². The molecule has 8 heteroatoms. The fourth-order valence-electron chi connectivity index (χ4n) is 3.34. The molecule has 1 aliphatic heterocycles. The van der Waals surface area contributed by atoms with Gasteiger partial charge in [-0.1, -0.05) is 0 Å². The molecule has 2 amide bonds. The second-order valence-corrected chi connectivity index (χ2v) is 6.92. The summed E-state index contributed by atoms with van der Waals surface area (Å²) < 4.78 is 43.2. The van der Waals surface area contributed by atoms with Crippen LogP contribution in [0.15, 0.2) is 47.1 Å². The number of carbonyl (C=O) groups is 2. The van der Waals surface area contributed by atoms with Crippen LogP contribution < -0.4 is 0 Å². The lowest BCUT2D eigenvalue weighted by Gasteiger charge is -2.33. The van der Waals surface area contributed by atoms with Gasteiger partial charge >= 0.3 is 6.18 Å². The monoisotopic (exact) mass is 394 g/mol. The molecule has 1 saturated heterocycles. The van der Waals surface area contributed by atoms with E-state index < -0.39 is 11.7 Å². The molecule has 0 N–H and O–H groups in total. The molecule has 2 aromatic rings. The first kappa shape index (κ1) is 20.0. The van der Waals surface area contributed by atoms with Gasteiger partial charge in [-0.15, -0.1) is 0 Å². The van der Waals surface area contributed by atoms with Gasteiger partial charge in [0.05, 0.1) is 18.4 Å². The minimum Gasteiger partial charge on any atom is -0.467 e. The maximum atomic E-state index is 12.6. The highest BCUT2D eigenvalue weighted by molar-refractivity contribution is 5.94. The number of benzene rings is 1. The average molecular weight is 394 g/mol. The second kappa shape index (κ2) is 8.08. The number of rotatable bonds is 4. The first-order chi connectivity index (χ1) is 13.3. The Hall–Kier alpha value is -2.77. The maximum Gasteiger partial charge on any atom is 0.416 e. The van der Waals surface area contributed by atoms with Gasteiger partial charge in [-0.2, -0.15) is 13.2 Å². The molecular weight excluding hydrogens is 373 g/mol. The Morgan fingerprint density at radius 1 is 1.14 bits per heavy atom. The predicted octanol–water partition coefficient (Wildman–Crippen LogP) is 3.81. The summed E-state index contributed by atoms with van der Waals surface area (Å²) >= 11 is 0. The number of hydrogen-bond donors (Lipinski definition) is 0. The standard InChI is InChI=1S/C20H21F3N2O3/c1-24(13-17-3-2-12-28-17)18(26)15-8-10-25(11-9-15)19(27)14-4-6-16(7-5-14)20(21,22)23/h2-7,12,15H,8-11,13H2,1H3. The van der Waals surface area contributed by atoms with Crippen LogP contribution in [0.4, 0.5) is 13.2 Å². The van der Waals surface area contributed by atoms with Crippen LogP contribution in [0.1, 0.15) is 34.5 Å². The highest BCUT2D eigenvalue weighted by Gasteiger charge is 2.32. The number of piperidine rings is 1. The lowest BCUT2D eigenvalue weighted by molar-refractivity contribution is -0.137. The Morgan fingerprint density at radius 3 is 2.32 bits per heavy atom. The second-order valence-electron chi connectivity index (χ2n) is 6.92. The molecule has 0 spiro atoms. The van der Waals surface area contributed by atoms with Gasteiger partial charge in [0.25, 0.3) is 5.91 Å². The van der Waals surface area contributed by atoms with Gasteiger partial charge in [0.2, 0.25) is 5.91 Å². The molecule has 0 bridgehead atoms. The van der Waals surface area contributed by atoms with Crippen LogP contribution in [-0.2, 0) is 17.5 Å². The lowest BCUT2D eigenvalue weighted by atomic mass is 9.94. The molecule has 0 saturated carbocycles. The highest BCUT2D eigenvalue weighted by atomic mass is 19.4. The zero-order valence-corrected chi connectivity index (χ0v) is 15.4. The summed E-state index contributed by atoms with van der Waals surface area (Å²) in [6, 6.07) is 7.77. The normalized spacial score (nSPS) is 15.5. The number of furan rings is 1. The van der Waals surface area contributed by atoms with Gasteiger partial charge in [0.1, 0.15) is 5.76 Å². The van der Waals surface area contributed by atoms with Crippen LogP contribution in [0, 0.1) is 5.92 Å². The summed E-state index contributed by atoms with van der Waals surface area (Å²) in [6.07, 6.45) is -1.83. The van der Waals surface area contributed by atoms with Crippen LogP contribution in [-0.4, -0.2) is 41.8 Å². The number of carbonyl (C=O) groups excluding carboxylic acids is 2. The molecule has 0 radical (unpaired) electrons. The molecule has 1 aromatic carbocycles. The van der Waals surface area contributed by atoms with Gasteiger partial charge in [-0.05, 0) is 49.2 Å². The van der Waals surface area contributed by atoms with Crippen molar-refractivity contribution in [1.82, 2.24) is 9.80 Å². The topological polar surface area (TPSA) is 53.8 Å². The van der Waals surface area contributed by atoms with E-state index in [9.17, 15) is 22.8 Å². The summed E-state index contributed by atoms with van der Waals surface area (Å²) in [6.45, 7) is 1.17. The number of alkyl halides is 3. The highest BCUT2D eigenvalue weighted by Crippen LogP contribution is 2.29. The first-order valence-corrected chi connectivity index (χ1v) is 8.99. The molecule has 5 nitrogen and oxygen atoms in total. The zero-order chi connectivity index (χ0) is 20.3. The smallest absolute Gasteiger partial charge is 0.416 e. The summed E-state index contributed by atoms with van der Waals surface area (Å²) in [7, 11) is 1.71. The summed E-state index contributed by atoms with van der Waals surface area (Å²) in [4.78, 5) is 28.3. The number of halogens is 3. The Labute approximate surface area is 160 Å². The molecule has 2 heterocycles. The lowest BCUT2D eigenvalue weighted by Crippen LogP contribution is -2.43. The van der Waals surface area contributed by atoms with Crippen LogP contribution in [0.25, 0.3) is 0 Å². The van der Waals surface area contributed by atoms with E-state index in [1.54, 1.807) is 35.2 Å². The number of amides is 2. The molecule has 3 rings (SSSR count). The number of likely N-dealkylation sites (tertiary alicyclic amines) is 1. The van der Waals surface area contributed by atoms with E-state index in [4.69, 9.17) is 4.42 Å². The Balaban J connectivity index is 1.54. The SMILES string of the molecule is CN(Cc1ccco1)C(=O)C1CCN(C(=O)c2ccc(C(F)(F)F)cc2)CC1. The van der Waals surface area contributed by atoms with E-state index in [1.165, 1.54) is 12.1 Å². The van der Waals surface area contributed by atoms with E-state index >= 15 is 0 Å². The van der Waals surface area contributed by atoms with Crippen LogP contribution >= 0.6 is 0 Å². The third-order valence-electron chi connectivity index (χ3n) is 4.94. The quantitative estimate of drug-likeness (QED) is 0.793. The Bertz CT molecular complexity index is 808. The van der Waals surface area contributed by atoms with E-state index in [2.05, 4.69) is 0 Å². The predicted molar refractivity (Wildman–Crippen MR) is 95.3 cm³/mol. The van der Waals surface area contributed by atoms with Crippen molar-refractivity contribution in [2.24, 2.45) is 5.92 Å². The summed E-state index contributed by atoms with van der Waals surface area (Å²) in [5.41, 5.74) is -0.569. The first-order valence-electron chi connectivity index (χ1n) is 8.99. The number of nitrogens with zero attached hydrogens (tertiary/aromatic N) is 2. The fourth-order valence-corrected chi connectivity index (χ4v) is 3.34. The average Bonchev–Trinajstić information content (AvgIpc) is 3.19. The minimum absolute atomic E-state index is 0.00182. The van der Waals surface area contributed by atoms with Crippen molar-refractivity contribution in [3.63, 3.8) is 0 Å². The Kier molecular flexibility index (Phi) is 5.76. The van der Waals surface area contributed by atoms with Gasteiger partial charge in [0.15, 0.2) is 0 Å². The van der Waals surface area contributed by atoms with E-state index in [1.807, 2.05) is 0 Å². The fraction of sp³-hybridized carbons (Fsp3) is 0.400. The molecule has 1 aromatic heterocycles. The number of hydrogen-bond acceptors (Lipinski definition) is 3. The maximum absolute atomic E-state index is 12.6. The molecular formula is C20H21F3N2O3. The molecule has 0 aliphatic carbocycles. The zero-order valence-electron chi connectivity index (χ0n) is 15.4. The van der Waals surface area contributed by atoms with Gasteiger partial charge in [-0.25, -0.2) is 0 Å². The van der Waals surface area contributed by atoms with Gasteiger partial charge in [-0.3, -0.25) is 9.59 Å². The van der Waals surface area contributed by atoms with Crippen molar-refractivity contribution in [3.05, 3.63) is 59.5 Å². The van der Waals surface area contributed by atoms with Gasteiger partial charge in [0, 0.05) is 31.6 Å². The molecule has 150 valence electrons. The van der Waals surface area contributed by atoms with Crippen molar-refractivity contribution < 1.29 is 27.2 Å². The van der Waals surface area contributed by atoms with Crippen LogP contribution in [0.2, 0.25) is 0 Å². The van der Waals surface area contributed by atoms with E-state index in [0.717, 1.165) is 12.1 Å². The minimum atomic E-state index is -4.43. The molecule has 0 atom stereocenters. The third kappa shape index (κ3) is 4.55. The van der Waals surface area contributed by atoms with E-state index in [-0.39, 0.29) is 23.3 Å². The largest absolute Gasteiger partial charge is 0.467 e. The van der Waals surface area contributed by atoms with Crippen molar-refractivity contribution in [1.29, 1.82) is 0 Å². The molecule has 0 unspecified atom stereocenters. The van der Waals surface area contributed by atoms with E-state index in [0.29, 0.717) is 38.2 Å². The third-order valence-corrected chi connectivity index (χ3v) is 4.94. The molecule has 1 fully saturated rings. The van der Waals surface area contributed by atoms with Crippen molar-refractivity contribution in [3.8, 4) is 0 Å². The molecule has 28 heavy (non-hydrogen) atoms. The molecule has 1 aliphatic rings. The summed E-state index contributed by atoms with van der Waals surface area (Å²) in [5, 5.41) is 0. The van der Waals surface area contributed by atoms with Crippen molar-refractivity contribution in [2.75, 3.05) is 20.1 Å². The van der Waals surface area contributed by atoms with Crippen molar-refractivity contribution >= 4 is 11.8 Å². The van der Waals surface area contributed by atoms with Crippen LogP contribution in [0.5, 0.6) is 0 Å². The van der Waals surface area contributed by atoms with Crippen LogP contribution in [0.3, 0.4) is 0 Å².